The Bertz CT molecular complexity index is 606. The number of aromatic nitrogens is 1. The van der Waals surface area contributed by atoms with Gasteiger partial charge in [-0.3, -0.25) is 0 Å². The molecular formula is C10H9N2O5PS. The Labute approximate surface area is 113 Å². The molecule has 1 aromatic rings. The molecule has 0 aliphatic carbocycles. The fourth-order valence-corrected chi connectivity index (χ4v) is 1.91. The predicted molar refractivity (Wildman–Crippen MR) is 67.8 cm³/mol. The first kappa shape index (κ1) is 15.3. The molecule has 0 saturated carbocycles. The molecule has 0 bridgehead atoms. The zero-order valence-electron chi connectivity index (χ0n) is 9.84. The first-order valence-electron chi connectivity index (χ1n) is 5.10. The Morgan fingerprint density at radius 1 is 1.53 bits per heavy atom. The molecule has 9 heteroatoms. The van der Waals surface area contributed by atoms with Gasteiger partial charge in [0.1, 0.15) is 0 Å². The number of rotatable bonds is 5. The second kappa shape index (κ2) is 7.63. The molecule has 1 amide bonds. The standard InChI is InChI=1S/C10H9N2O5PS/c1-2-17-9(15)7-5-19-10(11-7)12-8(14)3-6(13)4-18-16/h5H,2-3H2,1H3,(H,11,12,14). The van der Waals surface area contributed by atoms with E-state index in [4.69, 9.17) is 4.74 Å². The second-order valence-corrected chi connectivity index (χ2v) is 4.37. The Hall–Kier alpha value is -1.75. The van der Waals surface area contributed by atoms with Gasteiger partial charge in [0.15, 0.2) is 0 Å². The summed E-state index contributed by atoms with van der Waals surface area (Å²) in [6.07, 6.45) is -0.483. The number of nitrogens with zero attached hydrogens (tertiary/aromatic N) is 1. The van der Waals surface area contributed by atoms with E-state index >= 15 is 0 Å². The third-order valence-electron chi connectivity index (χ3n) is 1.73. The quantitative estimate of drug-likeness (QED) is 0.502. The number of thiazole rings is 1. The van der Waals surface area contributed by atoms with Gasteiger partial charge in [0, 0.05) is 0 Å². The van der Waals surface area contributed by atoms with Crippen molar-refractivity contribution in [2.24, 2.45) is 0 Å². The van der Waals surface area contributed by atoms with Crippen LogP contribution in [0.4, 0.5) is 5.13 Å². The maximum atomic E-state index is 11.4. The first-order valence-corrected chi connectivity index (χ1v) is 6.79. The number of hydrogen-bond acceptors (Lipinski definition) is 7. The number of nitrogens with one attached hydrogen (secondary N) is 1. The molecule has 19 heavy (non-hydrogen) atoms. The van der Waals surface area contributed by atoms with Gasteiger partial charge in [-0.1, -0.05) is 0 Å². The Morgan fingerprint density at radius 3 is 2.89 bits per heavy atom. The Morgan fingerprint density at radius 2 is 2.26 bits per heavy atom. The molecule has 100 valence electrons. The predicted octanol–water partition coefficient (Wildman–Crippen LogP) is 1.47. The van der Waals surface area contributed by atoms with Crippen LogP contribution < -0.4 is 5.32 Å². The minimum absolute atomic E-state index is 0.0877. The number of carbonyl (C=O) groups is 3. The second-order valence-electron chi connectivity index (χ2n) is 3.11. The van der Waals surface area contributed by atoms with Gasteiger partial charge in [-0.2, -0.15) is 0 Å². The monoisotopic (exact) mass is 300 g/mol. The van der Waals surface area contributed by atoms with Crippen LogP contribution >= 0.6 is 19.3 Å². The van der Waals surface area contributed by atoms with Gasteiger partial charge in [0.05, 0.1) is 0 Å². The van der Waals surface area contributed by atoms with Gasteiger partial charge in [0.2, 0.25) is 0 Å². The number of amides is 1. The van der Waals surface area contributed by atoms with Gasteiger partial charge in [0.25, 0.3) is 0 Å². The normalized spacial score (nSPS) is 9.32. The molecule has 1 heterocycles. The van der Waals surface area contributed by atoms with Gasteiger partial charge < -0.3 is 0 Å². The average molecular weight is 300 g/mol. The fraction of sp³-hybridized carbons (Fsp3) is 0.300. The Kier molecular flexibility index (Phi) is 6.15. The number of hydrogen-bond donors (Lipinski definition) is 1. The summed E-state index contributed by atoms with van der Waals surface area (Å²) >= 11 is 1.03. The van der Waals surface area contributed by atoms with E-state index in [-0.39, 0.29) is 17.4 Å². The van der Waals surface area contributed by atoms with Crippen molar-refractivity contribution in [2.45, 2.75) is 13.3 Å². The minimum atomic E-state index is -0.684. The summed E-state index contributed by atoms with van der Waals surface area (Å²) in [5.41, 5.74) is 2.02. The first-order chi connectivity index (χ1) is 9.06. The molecule has 0 radical (unpaired) electrons. The molecule has 0 fully saturated rings. The van der Waals surface area contributed by atoms with Crippen molar-refractivity contribution in [1.29, 1.82) is 0 Å². The van der Waals surface area contributed by atoms with E-state index in [1.165, 1.54) is 5.38 Å². The number of carbonyl (C=O) groups excluding carboxylic acids is 3. The van der Waals surface area contributed by atoms with Crippen molar-refractivity contribution in [3.8, 4) is 5.63 Å². The van der Waals surface area contributed by atoms with Crippen molar-refractivity contribution in [3.63, 3.8) is 0 Å². The van der Waals surface area contributed by atoms with E-state index in [2.05, 4.69) is 10.3 Å². The van der Waals surface area contributed by atoms with Crippen LogP contribution in [-0.2, 0) is 18.9 Å². The van der Waals surface area contributed by atoms with Crippen LogP contribution in [0.5, 0.6) is 0 Å². The molecule has 0 unspecified atom stereocenters. The van der Waals surface area contributed by atoms with Crippen molar-refractivity contribution >= 4 is 42.0 Å². The van der Waals surface area contributed by atoms with Gasteiger partial charge in [-0.15, -0.1) is 0 Å². The fourth-order valence-electron chi connectivity index (χ4n) is 1.03. The summed E-state index contributed by atoms with van der Waals surface area (Å²) in [6.45, 7) is 1.90. The van der Waals surface area contributed by atoms with E-state index < -0.39 is 32.0 Å². The van der Waals surface area contributed by atoms with Gasteiger partial charge >= 0.3 is 113 Å². The van der Waals surface area contributed by atoms with E-state index in [9.17, 15) is 18.9 Å². The number of Topliss-reactive ketones (excluding diaryl/α,β-unsaturated/α-hetero) is 1. The molecule has 0 aliphatic heterocycles. The van der Waals surface area contributed by atoms with Crippen LogP contribution in [0.2, 0.25) is 0 Å². The zero-order chi connectivity index (χ0) is 14.3. The molecule has 7 nitrogen and oxygen atoms in total. The molecule has 0 spiro atoms. The molecule has 0 saturated heterocycles. The van der Waals surface area contributed by atoms with Gasteiger partial charge in [-0.25, -0.2) is 0 Å². The summed E-state index contributed by atoms with van der Waals surface area (Å²) in [7, 11) is -0.565. The molecule has 1 rings (SSSR count). The molecular weight excluding hydrogens is 291 g/mol. The summed E-state index contributed by atoms with van der Waals surface area (Å²) in [5, 5.41) is 3.96. The number of anilines is 1. The van der Waals surface area contributed by atoms with Crippen molar-refractivity contribution in [3.05, 3.63) is 11.1 Å². The van der Waals surface area contributed by atoms with E-state index in [1.807, 2.05) is 5.63 Å². The van der Waals surface area contributed by atoms with E-state index in [1.54, 1.807) is 6.92 Å². The van der Waals surface area contributed by atoms with Crippen molar-refractivity contribution in [2.75, 3.05) is 11.9 Å². The Balaban J connectivity index is 2.60. The average Bonchev–Trinajstić information content (AvgIpc) is 2.77. The van der Waals surface area contributed by atoms with Crippen LogP contribution in [-0.4, -0.2) is 29.3 Å². The molecule has 0 aliphatic rings. The van der Waals surface area contributed by atoms with E-state index in [0.717, 1.165) is 11.3 Å². The van der Waals surface area contributed by atoms with Crippen LogP contribution in [0.1, 0.15) is 23.8 Å². The van der Waals surface area contributed by atoms with E-state index in [0.29, 0.717) is 0 Å². The summed E-state index contributed by atoms with van der Waals surface area (Å²) in [5.74, 6) is -1.88. The third kappa shape index (κ3) is 5.18. The van der Waals surface area contributed by atoms with Crippen LogP contribution in [0.25, 0.3) is 0 Å². The third-order valence-corrected chi connectivity index (χ3v) is 2.82. The van der Waals surface area contributed by atoms with Crippen LogP contribution in [0.3, 0.4) is 0 Å². The summed E-state index contributed by atoms with van der Waals surface area (Å²) in [6, 6.07) is 0. The molecule has 0 aromatic carbocycles. The topological polar surface area (TPSA) is 102 Å². The van der Waals surface area contributed by atoms with Crippen LogP contribution in [0, 0.1) is 5.63 Å². The van der Waals surface area contributed by atoms with Crippen molar-refractivity contribution in [1.82, 2.24) is 4.98 Å². The number of ketones is 1. The number of ether oxygens (including phenoxy) is 1. The number of esters is 1. The molecule has 1 aromatic heterocycles. The zero-order valence-corrected chi connectivity index (χ0v) is 11.5. The molecule has 1 N–H and O–H groups in total. The van der Waals surface area contributed by atoms with Crippen LogP contribution in [0.15, 0.2) is 5.38 Å². The summed E-state index contributed by atoms with van der Waals surface area (Å²) < 4.78 is 14.8. The SMILES string of the molecule is CCOC(=O)c1csc(NC(=O)CC(=O)C#P=O)n1. The van der Waals surface area contributed by atoms with Crippen molar-refractivity contribution < 1.29 is 23.7 Å². The summed E-state index contributed by atoms with van der Waals surface area (Å²) in [4.78, 5) is 37.5. The van der Waals surface area contributed by atoms with Gasteiger partial charge in [-0.05, 0) is 0 Å². The maximum absolute atomic E-state index is 11.4. The molecule has 0 atom stereocenters.